The average molecular weight is 306 g/mol. The molecule has 1 aromatic rings. The molecule has 0 radical (unpaired) electrons. The molecule has 0 spiro atoms. The molecule has 0 aromatic heterocycles. The van der Waals surface area contributed by atoms with Crippen LogP contribution in [0.25, 0.3) is 0 Å². The molecule has 0 aliphatic heterocycles. The van der Waals surface area contributed by atoms with E-state index in [2.05, 4.69) is 42.5 Å². The van der Waals surface area contributed by atoms with Gasteiger partial charge in [0.25, 0.3) is 0 Å². The molecule has 72 valence electrons. The predicted molar refractivity (Wildman–Crippen MR) is 69.8 cm³/mol. The van der Waals surface area contributed by atoms with Crippen molar-refractivity contribution in [1.29, 1.82) is 0 Å². The first-order valence-electron chi connectivity index (χ1n) is 4.31. The maximum Gasteiger partial charge on any atom is 0.125 e. The van der Waals surface area contributed by atoms with Gasteiger partial charge in [0, 0.05) is 20.2 Å². The average Bonchev–Trinajstić information content (AvgIpc) is 2.13. The second-order valence-electron chi connectivity index (χ2n) is 3.27. The summed E-state index contributed by atoms with van der Waals surface area (Å²) < 4.78 is 6.44. The zero-order chi connectivity index (χ0) is 10.0. The second kappa shape index (κ2) is 4.46. The first kappa shape index (κ1) is 11.0. The Kier molecular flexibility index (Phi) is 3.79. The Balaban J connectivity index is 3.39. The number of methoxy groups -OCH3 is 1. The van der Waals surface area contributed by atoms with Crippen LogP contribution in [0, 0.1) is 13.8 Å². The summed E-state index contributed by atoms with van der Waals surface area (Å²) in [6.07, 6.45) is 0. The van der Waals surface area contributed by atoms with E-state index in [1.54, 1.807) is 7.11 Å². The maximum atomic E-state index is 5.41. The van der Waals surface area contributed by atoms with Crippen molar-refractivity contribution in [2.24, 2.45) is 0 Å². The molecule has 0 atom stereocenters. The summed E-state index contributed by atoms with van der Waals surface area (Å²) in [7, 11) is 2.87. The molecular formula is C10H15IOSi. The molecule has 1 rings (SSSR count). The van der Waals surface area contributed by atoms with E-state index in [0.29, 0.717) is 0 Å². The van der Waals surface area contributed by atoms with Gasteiger partial charge in [0.15, 0.2) is 0 Å². The van der Waals surface area contributed by atoms with Crippen molar-refractivity contribution in [3.63, 3.8) is 0 Å². The highest BCUT2D eigenvalue weighted by atomic mass is 127. The van der Waals surface area contributed by atoms with Crippen LogP contribution in [0.4, 0.5) is 0 Å². The maximum absolute atomic E-state index is 5.41. The monoisotopic (exact) mass is 306 g/mol. The Bertz CT molecular complexity index is 323. The normalized spacial score (nSPS) is 10.5. The summed E-state index contributed by atoms with van der Waals surface area (Å²) in [5.41, 5.74) is 4.04. The Morgan fingerprint density at radius 2 is 2.00 bits per heavy atom. The Morgan fingerprint density at radius 1 is 1.38 bits per heavy atom. The lowest BCUT2D eigenvalue weighted by atomic mass is 10.1. The third-order valence-corrected chi connectivity index (χ3v) is 4.39. The van der Waals surface area contributed by atoms with Crippen LogP contribution in [-0.4, -0.2) is 17.4 Å². The molecular weight excluding hydrogens is 291 g/mol. The van der Waals surface area contributed by atoms with E-state index in [1.165, 1.54) is 21.9 Å². The van der Waals surface area contributed by atoms with E-state index in [-0.39, 0.29) is 0 Å². The number of ether oxygens (including phenoxy) is 1. The molecule has 0 bridgehead atoms. The highest BCUT2D eigenvalue weighted by Gasteiger charge is 2.09. The summed E-state index contributed by atoms with van der Waals surface area (Å²) >= 11 is 2.38. The van der Waals surface area contributed by atoms with Crippen LogP contribution in [0.3, 0.4) is 0 Å². The molecule has 0 amide bonds. The van der Waals surface area contributed by atoms with Crippen molar-refractivity contribution in [3.05, 3.63) is 22.8 Å². The van der Waals surface area contributed by atoms with E-state index < -0.39 is 0 Å². The van der Waals surface area contributed by atoms with Crippen LogP contribution < -0.4 is 9.92 Å². The van der Waals surface area contributed by atoms with Gasteiger partial charge < -0.3 is 4.74 Å². The molecule has 3 heteroatoms. The largest absolute Gasteiger partial charge is 0.496 e. The first-order valence-corrected chi connectivity index (χ1v) is 6.84. The van der Waals surface area contributed by atoms with E-state index in [9.17, 15) is 0 Å². The summed E-state index contributed by atoms with van der Waals surface area (Å²) in [6.45, 7) is 4.32. The number of alkyl halides is 1. The fourth-order valence-electron chi connectivity index (χ4n) is 1.53. The molecule has 1 nitrogen and oxygen atoms in total. The van der Waals surface area contributed by atoms with Crippen LogP contribution in [-0.2, 0) is 4.43 Å². The molecule has 0 unspecified atom stereocenters. The molecule has 0 fully saturated rings. The molecule has 0 aliphatic rings. The SMILES string of the molecule is COc1c(CI)cc([SiH3])c(C)c1C. The fraction of sp³-hybridized carbons (Fsp3) is 0.400. The Labute approximate surface area is 96.4 Å². The van der Waals surface area contributed by atoms with Crippen molar-refractivity contribution in [2.75, 3.05) is 7.11 Å². The van der Waals surface area contributed by atoms with Gasteiger partial charge in [0.05, 0.1) is 7.11 Å². The van der Waals surface area contributed by atoms with Crippen molar-refractivity contribution in [1.82, 2.24) is 0 Å². The summed E-state index contributed by atoms with van der Waals surface area (Å²) in [5, 5.41) is 1.49. The van der Waals surface area contributed by atoms with Crippen LogP contribution in [0.1, 0.15) is 16.7 Å². The summed E-state index contributed by atoms with van der Waals surface area (Å²) in [6, 6.07) is 2.28. The minimum atomic E-state index is 1.03. The second-order valence-corrected chi connectivity index (χ2v) is 5.11. The van der Waals surface area contributed by atoms with Gasteiger partial charge in [-0.15, -0.1) is 0 Å². The first-order chi connectivity index (χ1) is 6.11. The third kappa shape index (κ3) is 2.07. The Morgan fingerprint density at radius 3 is 2.46 bits per heavy atom. The smallest absolute Gasteiger partial charge is 0.125 e. The molecule has 0 saturated carbocycles. The standard InChI is InChI=1S/C10H15IOSi/c1-6-7(2)10(12-3)8(5-11)4-9(6)13/h4H,5H2,1-3,13H3. The van der Waals surface area contributed by atoms with Gasteiger partial charge in [-0.1, -0.05) is 33.8 Å². The molecule has 0 N–H and O–H groups in total. The summed E-state index contributed by atoms with van der Waals surface area (Å²) in [5.74, 6) is 1.08. The molecule has 0 aliphatic carbocycles. The van der Waals surface area contributed by atoms with Crippen molar-refractivity contribution < 1.29 is 4.74 Å². The van der Waals surface area contributed by atoms with E-state index in [0.717, 1.165) is 20.4 Å². The quantitative estimate of drug-likeness (QED) is 0.454. The van der Waals surface area contributed by atoms with Crippen LogP contribution in [0.5, 0.6) is 5.75 Å². The lowest BCUT2D eigenvalue weighted by Gasteiger charge is -2.14. The highest BCUT2D eigenvalue weighted by molar-refractivity contribution is 14.1. The van der Waals surface area contributed by atoms with Crippen LogP contribution >= 0.6 is 22.6 Å². The van der Waals surface area contributed by atoms with Gasteiger partial charge in [-0.3, -0.25) is 0 Å². The van der Waals surface area contributed by atoms with Gasteiger partial charge in [-0.25, -0.2) is 0 Å². The van der Waals surface area contributed by atoms with Crippen molar-refractivity contribution >= 4 is 38.0 Å². The van der Waals surface area contributed by atoms with Gasteiger partial charge in [-0.05, 0) is 25.0 Å². The molecule has 13 heavy (non-hydrogen) atoms. The number of hydrogen-bond acceptors (Lipinski definition) is 1. The lowest BCUT2D eigenvalue weighted by Crippen LogP contribution is -2.11. The van der Waals surface area contributed by atoms with E-state index in [4.69, 9.17) is 4.74 Å². The van der Waals surface area contributed by atoms with E-state index >= 15 is 0 Å². The highest BCUT2D eigenvalue weighted by Crippen LogP contribution is 2.26. The molecule has 1 aromatic carbocycles. The van der Waals surface area contributed by atoms with Crippen molar-refractivity contribution in [2.45, 2.75) is 18.3 Å². The topological polar surface area (TPSA) is 9.23 Å². The minimum absolute atomic E-state index is 1.03. The van der Waals surface area contributed by atoms with Gasteiger partial charge in [0.1, 0.15) is 5.75 Å². The number of rotatable bonds is 2. The third-order valence-electron chi connectivity index (χ3n) is 2.53. The van der Waals surface area contributed by atoms with Gasteiger partial charge in [0.2, 0.25) is 0 Å². The fourth-order valence-corrected chi connectivity index (χ4v) is 2.82. The minimum Gasteiger partial charge on any atom is -0.496 e. The molecule has 0 saturated heterocycles. The van der Waals surface area contributed by atoms with Gasteiger partial charge in [-0.2, -0.15) is 0 Å². The number of benzene rings is 1. The number of halogens is 1. The predicted octanol–water partition coefficient (Wildman–Crippen LogP) is 1.24. The molecule has 0 heterocycles. The zero-order valence-electron chi connectivity index (χ0n) is 8.57. The van der Waals surface area contributed by atoms with Crippen molar-refractivity contribution in [3.8, 4) is 5.75 Å². The van der Waals surface area contributed by atoms with E-state index in [1.807, 2.05) is 0 Å². The Hall–Kier alpha value is -0.0331. The summed E-state index contributed by atoms with van der Waals surface area (Å²) in [4.78, 5) is 0. The van der Waals surface area contributed by atoms with Crippen LogP contribution in [0.2, 0.25) is 0 Å². The number of hydrogen-bond donors (Lipinski definition) is 0. The zero-order valence-corrected chi connectivity index (χ0v) is 12.7. The van der Waals surface area contributed by atoms with Crippen LogP contribution in [0.15, 0.2) is 6.07 Å². The van der Waals surface area contributed by atoms with Gasteiger partial charge >= 0.3 is 0 Å². The lowest BCUT2D eigenvalue weighted by molar-refractivity contribution is 0.408.